The fraction of sp³-hybridized carbons (Fsp3) is 0.929. The highest BCUT2D eigenvalue weighted by atomic mass is 35.5. The van der Waals surface area contributed by atoms with Crippen molar-refractivity contribution in [1.29, 1.82) is 0 Å². The van der Waals surface area contributed by atoms with Gasteiger partial charge < -0.3 is 16.0 Å². The van der Waals surface area contributed by atoms with E-state index < -0.39 is 0 Å². The maximum atomic E-state index is 12.3. The maximum absolute atomic E-state index is 12.3. The van der Waals surface area contributed by atoms with Crippen LogP contribution in [0.1, 0.15) is 39.0 Å². The first kappa shape index (κ1) is 20.0. The predicted octanol–water partition coefficient (Wildman–Crippen LogP) is 1.80. The van der Waals surface area contributed by atoms with Gasteiger partial charge in [-0.1, -0.05) is 6.42 Å². The number of amides is 1. The third-order valence-electron chi connectivity index (χ3n) is 4.85. The zero-order chi connectivity index (χ0) is 13.1. The highest BCUT2D eigenvalue weighted by Gasteiger charge is 2.33. The van der Waals surface area contributed by atoms with Crippen LogP contribution in [0.25, 0.3) is 0 Å². The molecule has 20 heavy (non-hydrogen) atoms. The van der Waals surface area contributed by atoms with Gasteiger partial charge >= 0.3 is 0 Å². The Balaban J connectivity index is 0.00000180. The molecule has 0 aromatic heterocycles. The Labute approximate surface area is 135 Å². The minimum atomic E-state index is 0. The molecule has 0 bridgehead atoms. The smallest absolute Gasteiger partial charge is 0.223 e. The van der Waals surface area contributed by atoms with Crippen LogP contribution in [0.5, 0.6) is 0 Å². The number of likely N-dealkylation sites (tertiary alicyclic amines) is 1. The molecular weight excluding hydrogens is 297 g/mol. The number of nitrogens with zero attached hydrogens (tertiary/aromatic N) is 1. The average Bonchev–Trinajstić information content (AvgIpc) is 2.82. The van der Waals surface area contributed by atoms with Crippen LogP contribution in [0.2, 0.25) is 0 Å². The van der Waals surface area contributed by atoms with Crippen LogP contribution in [-0.4, -0.2) is 43.0 Å². The molecule has 6 heteroatoms. The van der Waals surface area contributed by atoms with E-state index in [1.165, 1.54) is 0 Å². The molecule has 1 saturated heterocycles. The van der Waals surface area contributed by atoms with Gasteiger partial charge in [0.15, 0.2) is 0 Å². The molecule has 4 nitrogen and oxygen atoms in total. The Kier molecular flexibility index (Phi) is 9.07. The van der Waals surface area contributed by atoms with E-state index in [1.807, 2.05) is 0 Å². The molecule has 2 unspecified atom stereocenters. The van der Waals surface area contributed by atoms with Crippen molar-refractivity contribution in [3.05, 3.63) is 0 Å². The number of nitrogens with two attached hydrogens (primary N) is 1. The van der Waals surface area contributed by atoms with E-state index in [4.69, 9.17) is 5.73 Å². The van der Waals surface area contributed by atoms with Crippen LogP contribution >= 0.6 is 24.8 Å². The third kappa shape index (κ3) is 4.76. The van der Waals surface area contributed by atoms with Crippen LogP contribution < -0.4 is 11.1 Å². The number of halogens is 2. The summed E-state index contributed by atoms with van der Waals surface area (Å²) in [4.78, 5) is 14.7. The number of rotatable bonds is 3. The van der Waals surface area contributed by atoms with Gasteiger partial charge in [0.25, 0.3) is 0 Å². The molecule has 2 rings (SSSR count). The molecule has 1 heterocycles. The van der Waals surface area contributed by atoms with Crippen molar-refractivity contribution in [2.24, 2.45) is 17.6 Å². The van der Waals surface area contributed by atoms with Crippen molar-refractivity contribution in [3.63, 3.8) is 0 Å². The zero-order valence-electron chi connectivity index (χ0n) is 12.5. The zero-order valence-corrected chi connectivity index (χ0v) is 14.1. The second kappa shape index (κ2) is 9.08. The van der Waals surface area contributed by atoms with Crippen LogP contribution in [0.15, 0.2) is 0 Å². The molecular formula is C14H29Cl2N3O. The van der Waals surface area contributed by atoms with Crippen LogP contribution in [0, 0.1) is 11.8 Å². The summed E-state index contributed by atoms with van der Waals surface area (Å²) in [5.74, 6) is 0.836. The lowest BCUT2D eigenvalue weighted by atomic mass is 9.93. The third-order valence-corrected chi connectivity index (χ3v) is 4.85. The van der Waals surface area contributed by atoms with Crippen LogP contribution in [0.4, 0.5) is 0 Å². The standard InChI is InChI=1S/C14H27N3O.2ClH/c1-10-8-12(6-7-17(10)2)16-14(18)13-5-3-4-11(13)9-15;;/h10-13H,3-9,15H2,1-2H3,(H,16,18);2*1H/t10?,11-,12?,13-;;/m1../s1. The number of hydrogen-bond donors (Lipinski definition) is 2. The Bertz CT molecular complexity index is 304. The second-order valence-corrected chi connectivity index (χ2v) is 6.09. The van der Waals surface area contributed by atoms with Crippen molar-refractivity contribution < 1.29 is 4.79 Å². The molecule has 1 amide bonds. The number of piperidine rings is 1. The second-order valence-electron chi connectivity index (χ2n) is 6.09. The highest BCUT2D eigenvalue weighted by molar-refractivity contribution is 5.85. The summed E-state index contributed by atoms with van der Waals surface area (Å²) >= 11 is 0. The van der Waals surface area contributed by atoms with Crippen molar-refractivity contribution in [2.75, 3.05) is 20.1 Å². The van der Waals surface area contributed by atoms with Gasteiger partial charge in [-0.25, -0.2) is 0 Å². The summed E-state index contributed by atoms with van der Waals surface area (Å²) in [7, 11) is 2.16. The number of nitrogens with one attached hydrogen (secondary N) is 1. The first-order valence-electron chi connectivity index (χ1n) is 7.32. The van der Waals surface area contributed by atoms with E-state index in [-0.39, 0.29) is 36.6 Å². The van der Waals surface area contributed by atoms with Crippen molar-refractivity contribution in [1.82, 2.24) is 10.2 Å². The molecule has 4 atom stereocenters. The van der Waals surface area contributed by atoms with Crippen molar-refractivity contribution >= 4 is 30.7 Å². The molecule has 0 aromatic carbocycles. The lowest BCUT2D eigenvalue weighted by Crippen LogP contribution is -2.49. The Hall–Kier alpha value is -0.0300. The van der Waals surface area contributed by atoms with Gasteiger partial charge in [-0.3, -0.25) is 4.79 Å². The van der Waals surface area contributed by atoms with E-state index in [0.717, 1.165) is 38.6 Å². The van der Waals surface area contributed by atoms with E-state index in [0.29, 0.717) is 24.5 Å². The Morgan fingerprint density at radius 2 is 2.00 bits per heavy atom. The average molecular weight is 326 g/mol. The molecule has 3 N–H and O–H groups in total. The molecule has 1 saturated carbocycles. The van der Waals surface area contributed by atoms with E-state index >= 15 is 0 Å². The van der Waals surface area contributed by atoms with Gasteiger partial charge in [0.05, 0.1) is 0 Å². The van der Waals surface area contributed by atoms with Gasteiger partial charge in [0, 0.05) is 24.5 Å². The summed E-state index contributed by atoms with van der Waals surface area (Å²) in [5.41, 5.74) is 5.75. The summed E-state index contributed by atoms with van der Waals surface area (Å²) in [6.45, 7) is 3.97. The monoisotopic (exact) mass is 325 g/mol. The van der Waals surface area contributed by atoms with Gasteiger partial charge in [0.2, 0.25) is 5.91 Å². The molecule has 2 aliphatic rings. The molecule has 2 fully saturated rings. The summed E-state index contributed by atoms with van der Waals surface area (Å²) in [5, 5.41) is 3.25. The van der Waals surface area contributed by atoms with Gasteiger partial charge in [-0.15, -0.1) is 24.8 Å². The Morgan fingerprint density at radius 3 is 2.60 bits per heavy atom. The molecule has 0 spiro atoms. The van der Waals surface area contributed by atoms with Gasteiger partial charge in [-0.2, -0.15) is 0 Å². The van der Waals surface area contributed by atoms with Gasteiger partial charge in [0.1, 0.15) is 0 Å². The fourth-order valence-electron chi connectivity index (χ4n) is 3.39. The SMILES string of the molecule is CC1CC(NC(=O)[C@@H]2CCC[C@@H]2CN)CCN1C.Cl.Cl. The normalized spacial score (nSPS) is 34.0. The molecule has 1 aliphatic carbocycles. The molecule has 0 radical (unpaired) electrons. The van der Waals surface area contributed by atoms with E-state index in [2.05, 4.69) is 24.2 Å². The molecule has 120 valence electrons. The topological polar surface area (TPSA) is 58.4 Å². The first-order chi connectivity index (χ1) is 8.61. The quantitative estimate of drug-likeness (QED) is 0.831. The molecule has 0 aromatic rings. The number of hydrogen-bond acceptors (Lipinski definition) is 3. The fourth-order valence-corrected chi connectivity index (χ4v) is 3.39. The highest BCUT2D eigenvalue weighted by Crippen LogP contribution is 2.31. The minimum absolute atomic E-state index is 0. The van der Waals surface area contributed by atoms with E-state index in [1.54, 1.807) is 0 Å². The first-order valence-corrected chi connectivity index (χ1v) is 7.32. The lowest BCUT2D eigenvalue weighted by Gasteiger charge is -2.36. The summed E-state index contributed by atoms with van der Waals surface area (Å²) in [6, 6.07) is 0.931. The maximum Gasteiger partial charge on any atom is 0.223 e. The lowest BCUT2D eigenvalue weighted by molar-refractivity contribution is -0.127. The summed E-state index contributed by atoms with van der Waals surface area (Å²) < 4.78 is 0. The van der Waals surface area contributed by atoms with Crippen LogP contribution in [-0.2, 0) is 4.79 Å². The van der Waals surface area contributed by atoms with E-state index in [9.17, 15) is 4.79 Å². The molecule has 1 aliphatic heterocycles. The number of carbonyl (C=O) groups is 1. The van der Waals surface area contributed by atoms with Crippen molar-refractivity contribution in [3.8, 4) is 0 Å². The minimum Gasteiger partial charge on any atom is -0.353 e. The Morgan fingerprint density at radius 1 is 1.30 bits per heavy atom. The predicted molar refractivity (Wildman–Crippen MR) is 87.6 cm³/mol. The van der Waals surface area contributed by atoms with Crippen LogP contribution in [0.3, 0.4) is 0 Å². The van der Waals surface area contributed by atoms with Crippen molar-refractivity contribution in [2.45, 2.75) is 51.1 Å². The number of carbonyl (C=O) groups excluding carboxylic acids is 1. The summed E-state index contributed by atoms with van der Waals surface area (Å²) in [6.07, 6.45) is 5.45. The van der Waals surface area contributed by atoms with Gasteiger partial charge in [-0.05, 0) is 52.1 Å². The largest absolute Gasteiger partial charge is 0.353 e.